The Morgan fingerprint density at radius 3 is 3.06 bits per heavy atom. The molecule has 2 fully saturated rings. The van der Waals surface area contributed by atoms with E-state index in [1.54, 1.807) is 6.07 Å². The lowest BCUT2D eigenvalue weighted by atomic mass is 10.2. The van der Waals surface area contributed by atoms with E-state index in [2.05, 4.69) is 31.5 Å². The molecule has 0 radical (unpaired) electrons. The summed E-state index contributed by atoms with van der Waals surface area (Å²) in [5, 5.41) is 6.13. The normalized spacial score (nSPS) is 30.9. The van der Waals surface area contributed by atoms with Gasteiger partial charge in [0.2, 0.25) is 5.91 Å². The molecule has 2 aliphatic rings. The molecule has 84 valence electrons. The molecule has 0 bridgehead atoms. The van der Waals surface area contributed by atoms with Crippen molar-refractivity contribution in [2.45, 2.75) is 24.9 Å². The molecule has 2 heterocycles. The van der Waals surface area contributed by atoms with Crippen LogP contribution in [0.5, 0.6) is 0 Å². The average molecular weight is 282 g/mol. The molecule has 1 saturated heterocycles. The molecule has 2 N–H and O–H groups in total. The van der Waals surface area contributed by atoms with Gasteiger partial charge in [-0.05, 0) is 46.8 Å². The van der Waals surface area contributed by atoms with Gasteiger partial charge in [0.25, 0.3) is 0 Å². The van der Waals surface area contributed by atoms with Crippen LogP contribution in [0, 0.1) is 5.92 Å². The van der Waals surface area contributed by atoms with Crippen LogP contribution in [0.25, 0.3) is 0 Å². The summed E-state index contributed by atoms with van der Waals surface area (Å²) in [7, 11) is 0. The third-order valence-corrected chi connectivity index (χ3v) is 3.60. The summed E-state index contributed by atoms with van der Waals surface area (Å²) in [5.41, 5.74) is 0. The van der Waals surface area contributed by atoms with Crippen LogP contribution < -0.4 is 10.6 Å². The largest absolute Gasteiger partial charge is 0.309 e. The SMILES string of the molecule is O=C(Nc1cccc(Br)n1)C1CC2CC2N1. The summed E-state index contributed by atoms with van der Waals surface area (Å²) >= 11 is 3.27. The fourth-order valence-corrected chi connectivity index (χ4v) is 2.56. The number of carbonyl (C=O) groups is 1. The van der Waals surface area contributed by atoms with Crippen LogP contribution in [-0.4, -0.2) is 23.0 Å². The van der Waals surface area contributed by atoms with Crippen molar-refractivity contribution in [2.24, 2.45) is 5.92 Å². The highest BCUT2D eigenvalue weighted by molar-refractivity contribution is 9.10. The Hall–Kier alpha value is -0.940. The number of piperidine rings is 1. The van der Waals surface area contributed by atoms with E-state index in [1.165, 1.54) is 6.42 Å². The van der Waals surface area contributed by atoms with Crippen molar-refractivity contribution in [3.63, 3.8) is 0 Å². The van der Waals surface area contributed by atoms with E-state index >= 15 is 0 Å². The lowest BCUT2D eigenvalue weighted by Crippen LogP contribution is -2.38. The summed E-state index contributed by atoms with van der Waals surface area (Å²) in [6, 6.07) is 6.03. The number of hydrogen-bond donors (Lipinski definition) is 2. The average Bonchev–Trinajstić information content (AvgIpc) is 2.86. The Bertz CT molecular complexity index is 427. The van der Waals surface area contributed by atoms with Gasteiger partial charge in [-0.3, -0.25) is 4.79 Å². The van der Waals surface area contributed by atoms with Crippen LogP contribution >= 0.6 is 15.9 Å². The second-order valence-corrected chi connectivity index (χ2v) is 5.20. The van der Waals surface area contributed by atoms with E-state index in [9.17, 15) is 4.79 Å². The van der Waals surface area contributed by atoms with Crippen molar-refractivity contribution in [3.8, 4) is 0 Å². The molecule has 0 spiro atoms. The summed E-state index contributed by atoms with van der Waals surface area (Å²) in [4.78, 5) is 16.0. The van der Waals surface area contributed by atoms with Crippen LogP contribution in [0.4, 0.5) is 5.82 Å². The maximum absolute atomic E-state index is 11.9. The molecular weight excluding hydrogens is 270 g/mol. The number of fused-ring (bicyclic) bond motifs is 1. The number of aromatic nitrogens is 1. The van der Waals surface area contributed by atoms with Crippen LogP contribution in [-0.2, 0) is 4.79 Å². The highest BCUT2D eigenvalue weighted by atomic mass is 79.9. The molecule has 1 aromatic rings. The molecular formula is C11H12BrN3O. The smallest absolute Gasteiger partial charge is 0.242 e. The minimum absolute atomic E-state index is 0.0257. The highest BCUT2D eigenvalue weighted by Gasteiger charge is 2.47. The minimum Gasteiger partial charge on any atom is -0.309 e. The number of amides is 1. The molecule has 3 rings (SSSR count). The molecule has 5 heteroatoms. The fraction of sp³-hybridized carbons (Fsp3) is 0.455. The number of nitrogens with zero attached hydrogens (tertiary/aromatic N) is 1. The first-order valence-corrected chi connectivity index (χ1v) is 6.21. The number of carbonyl (C=O) groups excluding carboxylic acids is 1. The van der Waals surface area contributed by atoms with Crippen molar-refractivity contribution >= 4 is 27.7 Å². The number of rotatable bonds is 2. The minimum atomic E-state index is -0.0375. The Morgan fingerprint density at radius 1 is 1.50 bits per heavy atom. The molecule has 1 aromatic heterocycles. The zero-order chi connectivity index (χ0) is 11.1. The molecule has 1 saturated carbocycles. The summed E-state index contributed by atoms with van der Waals surface area (Å²) in [5.74, 6) is 1.35. The van der Waals surface area contributed by atoms with Gasteiger partial charge in [0.15, 0.2) is 0 Å². The number of pyridine rings is 1. The van der Waals surface area contributed by atoms with Gasteiger partial charge in [-0.25, -0.2) is 4.98 Å². The van der Waals surface area contributed by atoms with Gasteiger partial charge >= 0.3 is 0 Å². The molecule has 1 amide bonds. The molecule has 16 heavy (non-hydrogen) atoms. The van der Waals surface area contributed by atoms with E-state index in [4.69, 9.17) is 0 Å². The van der Waals surface area contributed by atoms with Gasteiger partial charge in [-0.1, -0.05) is 6.07 Å². The third kappa shape index (κ3) is 1.97. The molecule has 1 aliphatic heterocycles. The van der Waals surface area contributed by atoms with Crippen molar-refractivity contribution in [3.05, 3.63) is 22.8 Å². The van der Waals surface area contributed by atoms with Crippen molar-refractivity contribution in [2.75, 3.05) is 5.32 Å². The third-order valence-electron chi connectivity index (χ3n) is 3.16. The fourth-order valence-electron chi connectivity index (χ4n) is 2.22. The molecule has 3 unspecified atom stereocenters. The molecule has 3 atom stereocenters. The first-order valence-electron chi connectivity index (χ1n) is 5.42. The van der Waals surface area contributed by atoms with E-state index in [0.29, 0.717) is 11.9 Å². The topological polar surface area (TPSA) is 54.0 Å². The number of nitrogens with one attached hydrogen (secondary N) is 2. The number of hydrogen-bond acceptors (Lipinski definition) is 3. The van der Waals surface area contributed by atoms with Gasteiger partial charge in [-0.15, -0.1) is 0 Å². The van der Waals surface area contributed by atoms with E-state index < -0.39 is 0 Å². The zero-order valence-corrected chi connectivity index (χ0v) is 10.2. The number of anilines is 1. The van der Waals surface area contributed by atoms with E-state index in [1.807, 2.05) is 12.1 Å². The second-order valence-electron chi connectivity index (χ2n) is 4.39. The molecule has 0 aromatic carbocycles. The lowest BCUT2D eigenvalue weighted by molar-refractivity contribution is -0.118. The van der Waals surface area contributed by atoms with Gasteiger partial charge in [0.1, 0.15) is 10.4 Å². The van der Waals surface area contributed by atoms with Gasteiger partial charge in [-0.2, -0.15) is 0 Å². The second kappa shape index (κ2) is 3.82. The quantitative estimate of drug-likeness (QED) is 0.809. The first-order chi connectivity index (χ1) is 7.72. The summed E-state index contributed by atoms with van der Waals surface area (Å²) < 4.78 is 0.729. The Morgan fingerprint density at radius 2 is 2.38 bits per heavy atom. The number of halogens is 1. The summed E-state index contributed by atoms with van der Waals surface area (Å²) in [6.07, 6.45) is 2.20. The standard InChI is InChI=1S/C11H12BrN3O/c12-9-2-1-3-10(14-9)15-11(16)8-5-6-4-7(6)13-8/h1-3,6-8,13H,4-5H2,(H,14,15,16). The Balaban J connectivity index is 1.64. The van der Waals surface area contributed by atoms with Gasteiger partial charge < -0.3 is 10.6 Å². The highest BCUT2D eigenvalue weighted by Crippen LogP contribution is 2.40. The van der Waals surface area contributed by atoms with Crippen LogP contribution in [0.1, 0.15) is 12.8 Å². The lowest BCUT2D eigenvalue weighted by Gasteiger charge is -2.12. The van der Waals surface area contributed by atoms with Crippen LogP contribution in [0.3, 0.4) is 0 Å². The zero-order valence-electron chi connectivity index (χ0n) is 8.61. The molecule has 1 aliphatic carbocycles. The van der Waals surface area contributed by atoms with Gasteiger partial charge in [0, 0.05) is 6.04 Å². The Kier molecular flexibility index (Phi) is 2.44. The predicted molar refractivity (Wildman–Crippen MR) is 64.0 cm³/mol. The maximum atomic E-state index is 11.9. The first kappa shape index (κ1) is 10.2. The Labute approximate surface area is 102 Å². The van der Waals surface area contributed by atoms with Crippen molar-refractivity contribution < 1.29 is 4.79 Å². The van der Waals surface area contributed by atoms with Crippen LogP contribution in [0.15, 0.2) is 22.8 Å². The van der Waals surface area contributed by atoms with Gasteiger partial charge in [0.05, 0.1) is 6.04 Å². The van der Waals surface area contributed by atoms with Crippen LogP contribution in [0.2, 0.25) is 0 Å². The predicted octanol–water partition coefficient (Wildman–Crippen LogP) is 1.53. The van der Waals surface area contributed by atoms with E-state index in [0.717, 1.165) is 16.9 Å². The monoisotopic (exact) mass is 281 g/mol. The maximum Gasteiger partial charge on any atom is 0.242 e. The summed E-state index contributed by atoms with van der Waals surface area (Å²) in [6.45, 7) is 0. The molecule has 4 nitrogen and oxygen atoms in total. The van der Waals surface area contributed by atoms with E-state index in [-0.39, 0.29) is 11.9 Å². The van der Waals surface area contributed by atoms with Crippen molar-refractivity contribution in [1.82, 2.24) is 10.3 Å². The van der Waals surface area contributed by atoms with Crippen molar-refractivity contribution in [1.29, 1.82) is 0 Å².